The third kappa shape index (κ3) is 5.27. The number of carbonyl (C=O) groups excluding carboxylic acids is 1. The van der Waals surface area contributed by atoms with Crippen LogP contribution in [-0.2, 0) is 10.0 Å². The molecule has 12 heteroatoms. The fourth-order valence-electron chi connectivity index (χ4n) is 1.61. The van der Waals surface area contributed by atoms with Gasteiger partial charge in [-0.15, -0.1) is 4.83 Å². The van der Waals surface area contributed by atoms with Crippen LogP contribution in [0.15, 0.2) is 35.2 Å². The van der Waals surface area contributed by atoms with Crippen LogP contribution in [0.25, 0.3) is 0 Å². The summed E-state index contributed by atoms with van der Waals surface area (Å²) in [5.41, 5.74) is 2.27. The maximum Gasteiger partial charge on any atom is 0.334 e. The lowest BCUT2D eigenvalue weighted by Crippen LogP contribution is -2.43. The zero-order valence-electron chi connectivity index (χ0n) is 11.9. The molecule has 3 N–H and O–H groups in total. The van der Waals surface area contributed by atoms with Crippen molar-refractivity contribution in [3.63, 3.8) is 0 Å². The summed E-state index contributed by atoms with van der Waals surface area (Å²) in [6, 6.07) is 5.73. The van der Waals surface area contributed by atoms with E-state index < -0.39 is 16.1 Å². The normalized spacial score (nSPS) is 11.2. The second-order valence-corrected chi connectivity index (χ2v) is 8.20. The number of rotatable bonds is 4. The van der Waals surface area contributed by atoms with Crippen molar-refractivity contribution in [2.45, 2.75) is 4.90 Å². The van der Waals surface area contributed by atoms with E-state index in [9.17, 15) is 13.2 Å². The molecule has 134 valence electrons. The molecule has 0 aliphatic rings. The SMILES string of the molecule is O=C(NNS(=O)(=O)c1cc(Cl)c(Cl)cc1Cl)Nc1ccc(Cl)c(Cl)c1. The van der Waals surface area contributed by atoms with Gasteiger partial charge < -0.3 is 5.32 Å². The number of halogens is 5. The molecule has 0 radical (unpaired) electrons. The minimum atomic E-state index is -4.18. The summed E-state index contributed by atoms with van der Waals surface area (Å²) < 4.78 is 24.4. The van der Waals surface area contributed by atoms with Gasteiger partial charge in [0.15, 0.2) is 0 Å². The van der Waals surface area contributed by atoms with E-state index in [1.165, 1.54) is 24.3 Å². The van der Waals surface area contributed by atoms with Crippen LogP contribution in [0.1, 0.15) is 0 Å². The standard InChI is InChI=1S/C13H8Cl5N3O3S/c14-7-2-1-6(3-8(7)15)19-13(22)20-21-25(23,24)12-5-10(17)9(16)4-11(12)18/h1-5,21H,(H2,19,20,22). The van der Waals surface area contributed by atoms with Crippen molar-refractivity contribution in [1.29, 1.82) is 0 Å². The molecule has 2 aromatic rings. The lowest BCUT2D eigenvalue weighted by Gasteiger charge is -2.11. The van der Waals surface area contributed by atoms with Gasteiger partial charge in [-0.05, 0) is 30.3 Å². The van der Waals surface area contributed by atoms with Gasteiger partial charge >= 0.3 is 6.03 Å². The first-order valence-electron chi connectivity index (χ1n) is 6.28. The van der Waals surface area contributed by atoms with Gasteiger partial charge in [0.05, 0.1) is 25.1 Å². The van der Waals surface area contributed by atoms with Gasteiger partial charge in [-0.3, -0.25) is 5.43 Å². The summed E-state index contributed by atoms with van der Waals surface area (Å²) in [6.07, 6.45) is 0. The highest BCUT2D eigenvalue weighted by Gasteiger charge is 2.20. The summed E-state index contributed by atoms with van der Waals surface area (Å²) in [6.45, 7) is 0. The fourth-order valence-corrected chi connectivity index (χ4v) is 3.75. The number of hydrazine groups is 1. The molecule has 0 fully saturated rings. The topological polar surface area (TPSA) is 87.3 Å². The minimum absolute atomic E-state index is 0.00769. The molecule has 0 aromatic heterocycles. The van der Waals surface area contributed by atoms with Crippen LogP contribution < -0.4 is 15.6 Å². The van der Waals surface area contributed by atoms with Crippen LogP contribution in [0, 0.1) is 0 Å². The Morgan fingerprint density at radius 3 is 2.04 bits per heavy atom. The van der Waals surface area contributed by atoms with E-state index >= 15 is 0 Å². The van der Waals surface area contributed by atoms with Gasteiger partial charge in [0, 0.05) is 5.69 Å². The zero-order chi connectivity index (χ0) is 18.8. The van der Waals surface area contributed by atoms with Gasteiger partial charge in [0.1, 0.15) is 4.90 Å². The molecule has 2 rings (SSSR count). The molecular formula is C13H8Cl5N3O3S. The quantitative estimate of drug-likeness (QED) is 0.442. The zero-order valence-corrected chi connectivity index (χ0v) is 16.5. The second-order valence-electron chi connectivity index (χ2n) is 4.51. The Kier molecular flexibility index (Phi) is 6.67. The Hall–Kier alpha value is -0.930. The molecule has 0 saturated heterocycles. The number of anilines is 1. The van der Waals surface area contributed by atoms with Gasteiger partial charge in [0.25, 0.3) is 10.0 Å². The first-order valence-corrected chi connectivity index (χ1v) is 9.66. The minimum Gasteiger partial charge on any atom is -0.307 e. The molecule has 2 aromatic carbocycles. The average Bonchev–Trinajstić information content (AvgIpc) is 2.52. The predicted octanol–water partition coefficient (Wildman–Crippen LogP) is 4.97. The summed E-state index contributed by atoms with van der Waals surface area (Å²) in [4.78, 5) is 13.3. The molecular weight excluding hydrogens is 455 g/mol. The number of amides is 2. The largest absolute Gasteiger partial charge is 0.334 e. The van der Waals surface area contributed by atoms with E-state index in [-0.39, 0.29) is 25.0 Å². The number of benzene rings is 2. The lowest BCUT2D eigenvalue weighted by atomic mass is 10.3. The molecule has 0 atom stereocenters. The fraction of sp³-hybridized carbons (Fsp3) is 0. The number of sulfonamides is 1. The smallest absolute Gasteiger partial charge is 0.307 e. The molecule has 25 heavy (non-hydrogen) atoms. The Bertz CT molecular complexity index is 937. The Morgan fingerprint density at radius 1 is 0.800 bits per heavy atom. The number of hydrogen-bond donors (Lipinski definition) is 3. The first-order chi connectivity index (χ1) is 11.6. The Balaban J connectivity index is 2.07. The van der Waals surface area contributed by atoms with E-state index in [0.29, 0.717) is 10.7 Å². The lowest BCUT2D eigenvalue weighted by molar-refractivity contribution is 0.250. The van der Waals surface area contributed by atoms with Crippen LogP contribution in [-0.4, -0.2) is 14.4 Å². The molecule has 0 aliphatic heterocycles. The van der Waals surface area contributed by atoms with Gasteiger partial charge in [0.2, 0.25) is 0 Å². The molecule has 0 unspecified atom stereocenters. The van der Waals surface area contributed by atoms with Crippen molar-refractivity contribution in [1.82, 2.24) is 10.3 Å². The Labute approximate surface area is 168 Å². The molecule has 6 nitrogen and oxygen atoms in total. The number of hydrogen-bond acceptors (Lipinski definition) is 3. The van der Waals surface area contributed by atoms with Gasteiger partial charge in [-0.1, -0.05) is 58.0 Å². The highest BCUT2D eigenvalue weighted by atomic mass is 35.5. The van der Waals surface area contributed by atoms with Crippen LogP contribution in [0.5, 0.6) is 0 Å². The van der Waals surface area contributed by atoms with E-state index in [2.05, 4.69) is 5.32 Å². The summed E-state index contributed by atoms with van der Waals surface area (Å²) in [7, 11) is -4.18. The maximum absolute atomic E-state index is 12.2. The van der Waals surface area contributed by atoms with E-state index in [4.69, 9.17) is 58.0 Å². The summed E-state index contributed by atoms with van der Waals surface area (Å²) in [5.74, 6) is 0. The Morgan fingerprint density at radius 2 is 1.40 bits per heavy atom. The van der Waals surface area contributed by atoms with E-state index in [1.54, 1.807) is 0 Å². The van der Waals surface area contributed by atoms with Crippen molar-refractivity contribution in [2.24, 2.45) is 0 Å². The molecule has 0 spiro atoms. The summed E-state index contributed by atoms with van der Waals surface area (Å²) >= 11 is 29.0. The van der Waals surface area contributed by atoms with Crippen LogP contribution >= 0.6 is 58.0 Å². The second kappa shape index (κ2) is 8.18. The maximum atomic E-state index is 12.2. The van der Waals surface area contributed by atoms with Gasteiger partial charge in [-0.2, -0.15) is 0 Å². The van der Waals surface area contributed by atoms with Crippen LogP contribution in [0.3, 0.4) is 0 Å². The van der Waals surface area contributed by atoms with Crippen molar-refractivity contribution in [3.8, 4) is 0 Å². The number of urea groups is 1. The first kappa shape index (κ1) is 20.4. The van der Waals surface area contributed by atoms with Gasteiger partial charge in [-0.25, -0.2) is 13.2 Å². The highest BCUT2D eigenvalue weighted by molar-refractivity contribution is 7.89. The van der Waals surface area contributed by atoms with Crippen molar-refractivity contribution >= 4 is 79.7 Å². The molecule has 2 amide bonds. The van der Waals surface area contributed by atoms with Crippen LogP contribution in [0.4, 0.5) is 10.5 Å². The molecule has 0 bridgehead atoms. The van der Waals surface area contributed by atoms with Crippen LogP contribution in [0.2, 0.25) is 25.1 Å². The molecule has 0 heterocycles. The monoisotopic (exact) mass is 461 g/mol. The van der Waals surface area contributed by atoms with E-state index in [1.807, 2.05) is 10.3 Å². The third-order valence-electron chi connectivity index (χ3n) is 2.74. The van der Waals surface area contributed by atoms with Crippen molar-refractivity contribution < 1.29 is 13.2 Å². The predicted molar refractivity (Wildman–Crippen MR) is 100 cm³/mol. The average molecular weight is 464 g/mol. The molecule has 0 saturated carbocycles. The third-order valence-corrected chi connectivity index (χ3v) is 5.91. The van der Waals surface area contributed by atoms with E-state index in [0.717, 1.165) is 6.07 Å². The van der Waals surface area contributed by atoms with Crippen molar-refractivity contribution in [2.75, 3.05) is 5.32 Å². The van der Waals surface area contributed by atoms with Crippen molar-refractivity contribution in [3.05, 3.63) is 55.4 Å². The highest BCUT2D eigenvalue weighted by Crippen LogP contribution is 2.31. The number of nitrogens with one attached hydrogen (secondary N) is 3. The summed E-state index contributed by atoms with van der Waals surface area (Å²) in [5, 5.41) is 2.83. The molecule has 0 aliphatic carbocycles. The number of carbonyl (C=O) groups is 1.